The van der Waals surface area contributed by atoms with E-state index in [2.05, 4.69) is 0 Å². The Bertz CT molecular complexity index is 304. The molecule has 0 heteroatoms. The fourth-order valence-electron chi connectivity index (χ4n) is 3.49. The molecule has 0 radical (unpaired) electrons. The molecule has 0 saturated heterocycles. The zero-order chi connectivity index (χ0) is 9.38. The maximum atomic E-state index is 1.84. The number of hydrogen-bond acceptors (Lipinski definition) is 0. The summed E-state index contributed by atoms with van der Waals surface area (Å²) in [6, 6.07) is 0. The predicted molar refractivity (Wildman–Crippen MR) is 60.2 cm³/mol. The Morgan fingerprint density at radius 3 is 1.71 bits per heavy atom. The standard InChI is InChI=1S/C14H20/c1-2-6-11-10-12-7-4-5-9-14(12)13(11)8-3-1/h1-10H2. The Hall–Kier alpha value is -0.520. The van der Waals surface area contributed by atoms with Gasteiger partial charge in [0.2, 0.25) is 0 Å². The number of fused-ring (bicyclic) bond motifs is 1. The molecule has 0 spiro atoms. The van der Waals surface area contributed by atoms with E-state index >= 15 is 0 Å². The maximum absolute atomic E-state index is 1.84. The van der Waals surface area contributed by atoms with Crippen LogP contribution in [0.4, 0.5) is 0 Å². The fraction of sp³-hybridized carbons (Fsp3) is 0.714. The monoisotopic (exact) mass is 188 g/mol. The quantitative estimate of drug-likeness (QED) is 0.524. The molecule has 0 nitrogen and oxygen atoms in total. The van der Waals surface area contributed by atoms with Gasteiger partial charge in [-0.3, -0.25) is 0 Å². The summed E-state index contributed by atoms with van der Waals surface area (Å²) in [5.74, 6) is 0. The van der Waals surface area contributed by atoms with Crippen molar-refractivity contribution in [1.29, 1.82) is 0 Å². The molecule has 0 heterocycles. The lowest BCUT2D eigenvalue weighted by Gasteiger charge is -2.16. The molecule has 0 atom stereocenters. The van der Waals surface area contributed by atoms with Crippen LogP contribution in [-0.2, 0) is 0 Å². The van der Waals surface area contributed by atoms with Gasteiger partial charge in [-0.15, -0.1) is 0 Å². The van der Waals surface area contributed by atoms with Crippen LogP contribution >= 0.6 is 0 Å². The molecule has 0 saturated carbocycles. The first kappa shape index (κ1) is 8.76. The minimum Gasteiger partial charge on any atom is -0.0627 e. The van der Waals surface area contributed by atoms with Crippen molar-refractivity contribution in [3.63, 3.8) is 0 Å². The van der Waals surface area contributed by atoms with E-state index in [1.54, 1.807) is 0 Å². The van der Waals surface area contributed by atoms with Crippen LogP contribution in [0.5, 0.6) is 0 Å². The zero-order valence-electron chi connectivity index (χ0n) is 9.07. The molecule has 3 aliphatic rings. The van der Waals surface area contributed by atoms with E-state index in [9.17, 15) is 0 Å². The summed E-state index contributed by atoms with van der Waals surface area (Å²) in [5, 5.41) is 0. The second-order valence-corrected chi connectivity index (χ2v) is 5.11. The van der Waals surface area contributed by atoms with Crippen LogP contribution in [0, 0.1) is 0 Å². The van der Waals surface area contributed by atoms with Crippen LogP contribution in [0.2, 0.25) is 0 Å². The Morgan fingerprint density at radius 2 is 1.00 bits per heavy atom. The average molecular weight is 188 g/mol. The van der Waals surface area contributed by atoms with Crippen LogP contribution in [0.3, 0.4) is 0 Å². The molecule has 0 amide bonds. The van der Waals surface area contributed by atoms with Crippen LogP contribution in [0.1, 0.15) is 64.2 Å². The molecule has 0 aromatic rings. The SMILES string of the molecule is C1CCC2=C(CC1)C1=C(CCCC1)C2. The Morgan fingerprint density at radius 1 is 0.500 bits per heavy atom. The van der Waals surface area contributed by atoms with Crippen molar-refractivity contribution in [3.8, 4) is 0 Å². The molecule has 0 fully saturated rings. The van der Waals surface area contributed by atoms with Crippen molar-refractivity contribution >= 4 is 0 Å². The van der Waals surface area contributed by atoms with Crippen molar-refractivity contribution in [1.82, 2.24) is 0 Å². The lowest BCUT2D eigenvalue weighted by atomic mass is 9.89. The molecule has 0 N–H and O–H groups in total. The minimum absolute atomic E-state index is 1.38. The highest BCUT2D eigenvalue weighted by Gasteiger charge is 2.26. The molecule has 76 valence electrons. The van der Waals surface area contributed by atoms with Gasteiger partial charge in [-0.1, -0.05) is 17.6 Å². The number of rotatable bonds is 0. The van der Waals surface area contributed by atoms with Gasteiger partial charge in [-0.25, -0.2) is 0 Å². The topological polar surface area (TPSA) is 0 Å². The number of allylic oxidation sites excluding steroid dienone is 4. The van der Waals surface area contributed by atoms with E-state index in [4.69, 9.17) is 0 Å². The Balaban J connectivity index is 1.91. The van der Waals surface area contributed by atoms with E-state index in [0.29, 0.717) is 0 Å². The second-order valence-electron chi connectivity index (χ2n) is 5.11. The van der Waals surface area contributed by atoms with Crippen molar-refractivity contribution < 1.29 is 0 Å². The Kier molecular flexibility index (Phi) is 2.23. The molecule has 0 bridgehead atoms. The summed E-state index contributed by atoms with van der Waals surface area (Å²) in [6.07, 6.45) is 14.3. The lowest BCUT2D eigenvalue weighted by Crippen LogP contribution is -1.97. The molecular formula is C14H20. The molecule has 3 rings (SSSR count). The largest absolute Gasteiger partial charge is 0.0627 e. The van der Waals surface area contributed by atoms with Gasteiger partial charge in [0.1, 0.15) is 0 Å². The van der Waals surface area contributed by atoms with E-state index in [1.807, 2.05) is 22.3 Å². The molecular weight excluding hydrogens is 168 g/mol. The highest BCUT2D eigenvalue weighted by molar-refractivity contribution is 5.48. The molecule has 0 aliphatic heterocycles. The Labute approximate surface area is 87.1 Å². The van der Waals surface area contributed by atoms with Crippen molar-refractivity contribution in [3.05, 3.63) is 22.3 Å². The number of hydrogen-bond donors (Lipinski definition) is 0. The van der Waals surface area contributed by atoms with Gasteiger partial charge in [0.05, 0.1) is 0 Å². The van der Waals surface area contributed by atoms with Gasteiger partial charge >= 0.3 is 0 Å². The first-order valence-corrected chi connectivity index (χ1v) is 6.37. The van der Waals surface area contributed by atoms with Crippen molar-refractivity contribution in [2.75, 3.05) is 0 Å². The van der Waals surface area contributed by atoms with Crippen LogP contribution in [-0.4, -0.2) is 0 Å². The maximum Gasteiger partial charge on any atom is -0.00966 e. The summed E-state index contributed by atoms with van der Waals surface area (Å²) in [7, 11) is 0. The first-order valence-electron chi connectivity index (χ1n) is 6.37. The lowest BCUT2D eigenvalue weighted by molar-refractivity contribution is 0.652. The van der Waals surface area contributed by atoms with E-state index in [1.165, 1.54) is 64.2 Å². The second kappa shape index (κ2) is 3.56. The molecule has 0 aromatic heterocycles. The van der Waals surface area contributed by atoms with Gasteiger partial charge < -0.3 is 0 Å². The van der Waals surface area contributed by atoms with E-state index in [-0.39, 0.29) is 0 Å². The van der Waals surface area contributed by atoms with Crippen LogP contribution in [0.25, 0.3) is 0 Å². The zero-order valence-corrected chi connectivity index (χ0v) is 9.07. The van der Waals surface area contributed by atoms with Gasteiger partial charge in [-0.05, 0) is 68.9 Å². The summed E-state index contributed by atoms with van der Waals surface area (Å²) < 4.78 is 0. The van der Waals surface area contributed by atoms with Crippen molar-refractivity contribution in [2.24, 2.45) is 0 Å². The first-order chi connectivity index (χ1) is 6.95. The van der Waals surface area contributed by atoms with Crippen LogP contribution < -0.4 is 0 Å². The van der Waals surface area contributed by atoms with Gasteiger partial charge in [-0.2, -0.15) is 0 Å². The van der Waals surface area contributed by atoms with E-state index < -0.39 is 0 Å². The fourth-order valence-corrected chi connectivity index (χ4v) is 3.49. The van der Waals surface area contributed by atoms with E-state index in [0.717, 1.165) is 0 Å². The summed E-state index contributed by atoms with van der Waals surface area (Å²) >= 11 is 0. The predicted octanol–water partition coefficient (Wildman–Crippen LogP) is 4.52. The molecule has 3 aliphatic carbocycles. The summed E-state index contributed by atoms with van der Waals surface area (Å²) in [5.41, 5.74) is 7.34. The smallest absolute Gasteiger partial charge is 0.00966 e. The third-order valence-corrected chi connectivity index (χ3v) is 4.21. The minimum atomic E-state index is 1.38. The van der Waals surface area contributed by atoms with Crippen molar-refractivity contribution in [2.45, 2.75) is 64.2 Å². The normalized spacial score (nSPS) is 27.4. The third-order valence-electron chi connectivity index (χ3n) is 4.21. The van der Waals surface area contributed by atoms with Gasteiger partial charge in [0, 0.05) is 0 Å². The third kappa shape index (κ3) is 1.36. The van der Waals surface area contributed by atoms with Gasteiger partial charge in [0.15, 0.2) is 0 Å². The highest BCUT2D eigenvalue weighted by Crippen LogP contribution is 2.45. The average Bonchev–Trinajstić information content (AvgIpc) is 2.42. The highest BCUT2D eigenvalue weighted by atomic mass is 14.3. The molecule has 14 heavy (non-hydrogen) atoms. The molecule has 0 aromatic carbocycles. The summed E-state index contributed by atoms with van der Waals surface area (Å²) in [4.78, 5) is 0. The summed E-state index contributed by atoms with van der Waals surface area (Å²) in [6.45, 7) is 0. The van der Waals surface area contributed by atoms with Gasteiger partial charge in [0.25, 0.3) is 0 Å². The van der Waals surface area contributed by atoms with Crippen LogP contribution in [0.15, 0.2) is 22.3 Å². The molecule has 0 unspecified atom stereocenters.